The normalized spacial score (nSPS) is 10.8. The summed E-state index contributed by atoms with van der Waals surface area (Å²) in [6.07, 6.45) is 0. The summed E-state index contributed by atoms with van der Waals surface area (Å²) in [5.41, 5.74) is 3.63. The largest absolute Gasteiger partial charge is 0.465 e. The van der Waals surface area contributed by atoms with Crippen molar-refractivity contribution in [3.8, 4) is 17.1 Å². The molecule has 0 unspecified atom stereocenters. The van der Waals surface area contributed by atoms with Gasteiger partial charge < -0.3 is 4.74 Å². The van der Waals surface area contributed by atoms with E-state index in [2.05, 4.69) is 0 Å². The summed E-state index contributed by atoms with van der Waals surface area (Å²) >= 11 is 0. The van der Waals surface area contributed by atoms with Crippen LogP contribution in [0, 0.1) is 5.82 Å². The summed E-state index contributed by atoms with van der Waals surface area (Å²) in [5.74, 6) is 0.00567. The average molecular weight is 346 g/mol. The van der Waals surface area contributed by atoms with Crippen LogP contribution in [0.4, 0.5) is 4.39 Å². The van der Waals surface area contributed by atoms with Gasteiger partial charge in [0.05, 0.1) is 23.7 Å². The molecule has 0 bridgehead atoms. The van der Waals surface area contributed by atoms with E-state index in [1.807, 2.05) is 41.0 Å². The van der Waals surface area contributed by atoms with Gasteiger partial charge in [-0.2, -0.15) is 0 Å². The lowest BCUT2D eigenvalue weighted by Crippen LogP contribution is -2.01. The van der Waals surface area contributed by atoms with Crippen LogP contribution in [0.5, 0.6) is 0 Å². The van der Waals surface area contributed by atoms with E-state index in [1.54, 1.807) is 24.3 Å². The Bertz CT molecular complexity index is 1090. The molecule has 0 N–H and O–H groups in total. The van der Waals surface area contributed by atoms with Crippen molar-refractivity contribution in [1.82, 2.24) is 9.55 Å². The number of imidazole rings is 1. The molecule has 26 heavy (non-hydrogen) atoms. The molecule has 0 atom stereocenters. The summed E-state index contributed by atoms with van der Waals surface area (Å²) in [5, 5.41) is 0. The highest BCUT2D eigenvalue weighted by molar-refractivity contribution is 5.95. The van der Waals surface area contributed by atoms with Gasteiger partial charge in [0.25, 0.3) is 0 Å². The van der Waals surface area contributed by atoms with Crippen LogP contribution in [-0.2, 0) is 4.74 Å². The Hall–Kier alpha value is -3.47. The molecule has 0 aliphatic rings. The fourth-order valence-electron chi connectivity index (χ4n) is 2.96. The van der Waals surface area contributed by atoms with E-state index in [4.69, 9.17) is 9.72 Å². The Balaban J connectivity index is 1.99. The number of carbonyl (C=O) groups is 1. The average Bonchev–Trinajstić information content (AvgIpc) is 3.07. The number of nitrogens with zero attached hydrogens (tertiary/aromatic N) is 2. The number of hydrogen-bond donors (Lipinski definition) is 0. The zero-order valence-electron chi connectivity index (χ0n) is 14.0. The first-order chi connectivity index (χ1) is 12.7. The van der Waals surface area contributed by atoms with Crippen molar-refractivity contribution in [3.05, 3.63) is 84.2 Å². The van der Waals surface area contributed by atoms with E-state index in [0.717, 1.165) is 16.8 Å². The van der Waals surface area contributed by atoms with E-state index in [1.165, 1.54) is 19.2 Å². The van der Waals surface area contributed by atoms with Gasteiger partial charge in [-0.25, -0.2) is 14.2 Å². The van der Waals surface area contributed by atoms with Crippen LogP contribution in [0.2, 0.25) is 0 Å². The topological polar surface area (TPSA) is 44.1 Å². The summed E-state index contributed by atoms with van der Waals surface area (Å²) in [4.78, 5) is 16.5. The second kappa shape index (κ2) is 6.44. The molecule has 4 nitrogen and oxygen atoms in total. The Morgan fingerprint density at radius 1 is 1.00 bits per heavy atom. The molecule has 0 fully saturated rings. The van der Waals surface area contributed by atoms with Crippen molar-refractivity contribution >= 4 is 17.0 Å². The number of rotatable bonds is 3. The van der Waals surface area contributed by atoms with Gasteiger partial charge in [-0.1, -0.05) is 30.3 Å². The number of methoxy groups -OCH3 is 1. The Morgan fingerprint density at radius 3 is 2.42 bits per heavy atom. The van der Waals surface area contributed by atoms with E-state index in [-0.39, 0.29) is 5.82 Å². The highest BCUT2D eigenvalue weighted by atomic mass is 19.1. The summed E-state index contributed by atoms with van der Waals surface area (Å²) in [6, 6.07) is 21.2. The van der Waals surface area contributed by atoms with Gasteiger partial charge in [-0.15, -0.1) is 0 Å². The monoisotopic (exact) mass is 346 g/mol. The minimum atomic E-state index is -0.413. The third-order valence-corrected chi connectivity index (χ3v) is 4.19. The number of benzene rings is 3. The van der Waals surface area contributed by atoms with Gasteiger partial charge >= 0.3 is 5.97 Å². The fraction of sp³-hybridized carbons (Fsp3) is 0.0476. The van der Waals surface area contributed by atoms with Crippen LogP contribution >= 0.6 is 0 Å². The van der Waals surface area contributed by atoms with Crippen LogP contribution in [0.25, 0.3) is 28.1 Å². The quantitative estimate of drug-likeness (QED) is 0.509. The van der Waals surface area contributed by atoms with Crippen molar-refractivity contribution in [1.29, 1.82) is 0 Å². The van der Waals surface area contributed by atoms with E-state index >= 15 is 0 Å². The van der Waals surface area contributed by atoms with Crippen molar-refractivity contribution in [2.45, 2.75) is 0 Å². The molecule has 0 radical (unpaired) electrons. The van der Waals surface area contributed by atoms with Gasteiger partial charge in [0.2, 0.25) is 0 Å². The molecule has 1 heterocycles. The van der Waals surface area contributed by atoms with E-state index in [9.17, 15) is 9.18 Å². The Labute approximate surface area is 149 Å². The molecule has 1 aromatic heterocycles. The van der Waals surface area contributed by atoms with Crippen molar-refractivity contribution in [2.75, 3.05) is 7.11 Å². The predicted octanol–water partition coefficient (Wildman–Crippen LogP) is 4.62. The molecule has 0 aliphatic heterocycles. The van der Waals surface area contributed by atoms with E-state index < -0.39 is 5.97 Å². The molecule has 0 saturated carbocycles. The molecular weight excluding hydrogens is 331 g/mol. The zero-order valence-corrected chi connectivity index (χ0v) is 14.0. The van der Waals surface area contributed by atoms with Gasteiger partial charge in [-0.3, -0.25) is 4.57 Å². The molecule has 0 amide bonds. The summed E-state index contributed by atoms with van der Waals surface area (Å²) in [6.45, 7) is 0. The smallest absolute Gasteiger partial charge is 0.337 e. The lowest BCUT2D eigenvalue weighted by Gasteiger charge is -2.09. The highest BCUT2D eigenvalue weighted by Crippen LogP contribution is 2.29. The third-order valence-electron chi connectivity index (χ3n) is 4.19. The van der Waals surface area contributed by atoms with Crippen molar-refractivity contribution < 1.29 is 13.9 Å². The first-order valence-corrected chi connectivity index (χ1v) is 8.09. The molecule has 5 heteroatoms. The highest BCUT2D eigenvalue weighted by Gasteiger charge is 2.16. The number of carbonyl (C=O) groups excluding carboxylic acids is 1. The Kier molecular flexibility index (Phi) is 3.97. The molecule has 4 aromatic rings. The number of halogens is 1. The molecule has 128 valence electrons. The van der Waals surface area contributed by atoms with Crippen LogP contribution in [-0.4, -0.2) is 22.6 Å². The number of esters is 1. The predicted molar refractivity (Wildman–Crippen MR) is 97.8 cm³/mol. The first-order valence-electron chi connectivity index (χ1n) is 8.09. The maximum atomic E-state index is 13.4. The molecule has 4 rings (SSSR count). The van der Waals surface area contributed by atoms with Gasteiger partial charge in [0.15, 0.2) is 0 Å². The zero-order chi connectivity index (χ0) is 18.1. The van der Waals surface area contributed by atoms with Crippen LogP contribution < -0.4 is 0 Å². The summed E-state index contributed by atoms with van der Waals surface area (Å²) in [7, 11) is 1.35. The van der Waals surface area contributed by atoms with Crippen LogP contribution in [0.1, 0.15) is 10.4 Å². The number of hydrogen-bond acceptors (Lipinski definition) is 3. The minimum absolute atomic E-state index is 0.299. The first kappa shape index (κ1) is 16.0. The van der Waals surface area contributed by atoms with E-state index in [0.29, 0.717) is 16.9 Å². The number of fused-ring (bicyclic) bond motifs is 1. The lowest BCUT2D eigenvalue weighted by atomic mass is 10.2. The van der Waals surface area contributed by atoms with Gasteiger partial charge in [-0.05, 0) is 42.5 Å². The molecule has 0 aliphatic carbocycles. The molecule has 0 saturated heterocycles. The van der Waals surface area contributed by atoms with Crippen LogP contribution in [0.15, 0.2) is 72.8 Å². The number of aromatic nitrogens is 2. The molecule has 3 aromatic carbocycles. The van der Waals surface area contributed by atoms with Crippen molar-refractivity contribution in [3.63, 3.8) is 0 Å². The maximum absolute atomic E-state index is 13.4. The second-order valence-corrected chi connectivity index (χ2v) is 5.81. The molecule has 0 spiro atoms. The Morgan fingerprint density at radius 2 is 1.73 bits per heavy atom. The van der Waals surface area contributed by atoms with Gasteiger partial charge in [0.1, 0.15) is 11.6 Å². The minimum Gasteiger partial charge on any atom is -0.465 e. The van der Waals surface area contributed by atoms with Crippen LogP contribution in [0.3, 0.4) is 0 Å². The van der Waals surface area contributed by atoms with Gasteiger partial charge in [0, 0.05) is 11.3 Å². The fourth-order valence-corrected chi connectivity index (χ4v) is 2.96. The van der Waals surface area contributed by atoms with Crippen molar-refractivity contribution in [2.24, 2.45) is 0 Å². The second-order valence-electron chi connectivity index (χ2n) is 5.81. The summed E-state index contributed by atoms with van der Waals surface area (Å²) < 4.78 is 20.1. The lowest BCUT2D eigenvalue weighted by molar-refractivity contribution is 0.0601. The molecular formula is C21H15FN2O2. The SMILES string of the molecule is COC(=O)c1ccc2c(c1)nc(-c1ccccc1)n2-c1ccc(F)cc1. The third kappa shape index (κ3) is 2.73. The number of ether oxygens (including phenoxy) is 1. The standard InChI is InChI=1S/C21H15FN2O2/c1-26-21(25)15-7-12-19-18(13-15)23-20(14-5-3-2-4-6-14)24(19)17-10-8-16(22)9-11-17/h2-13H,1H3. The maximum Gasteiger partial charge on any atom is 0.337 e.